The molecule has 6 nitrogen and oxygen atoms in total. The number of unbranched alkanes of at least 4 members (excludes halogenated alkanes) is 3. The lowest BCUT2D eigenvalue weighted by atomic mass is 10.1. The summed E-state index contributed by atoms with van der Waals surface area (Å²) in [5, 5.41) is 5.35. The Balaban J connectivity index is 0.00000338. The highest BCUT2D eigenvalue weighted by Gasteiger charge is 2.13. The van der Waals surface area contributed by atoms with Gasteiger partial charge in [0.2, 0.25) is 5.91 Å². The molecule has 0 radical (unpaired) electrons. The fourth-order valence-corrected chi connectivity index (χ4v) is 3.16. The van der Waals surface area contributed by atoms with Gasteiger partial charge in [-0.15, -0.1) is 23.7 Å². The number of rotatable bonds is 10. The first-order valence-electron chi connectivity index (χ1n) is 8.35. The Hall–Kier alpha value is -1.83. The number of ether oxygens (including phenoxy) is 2. The van der Waals surface area contributed by atoms with Gasteiger partial charge in [-0.25, -0.2) is 4.98 Å². The number of benzene rings is 1. The summed E-state index contributed by atoms with van der Waals surface area (Å²) in [6.07, 6.45) is 4.48. The molecule has 1 aromatic heterocycles. The maximum atomic E-state index is 12.0. The molecule has 1 amide bonds. The van der Waals surface area contributed by atoms with Crippen molar-refractivity contribution >= 4 is 34.8 Å². The van der Waals surface area contributed by atoms with E-state index in [-0.39, 0.29) is 18.3 Å². The van der Waals surface area contributed by atoms with Crippen molar-refractivity contribution in [3.63, 3.8) is 0 Å². The zero-order chi connectivity index (χ0) is 18.1. The number of thiazole rings is 1. The number of nitrogens with two attached hydrogens (primary N) is 1. The van der Waals surface area contributed by atoms with Crippen molar-refractivity contribution < 1.29 is 14.3 Å². The molecule has 144 valence electrons. The fraction of sp³-hybridized carbons (Fsp3) is 0.444. The van der Waals surface area contributed by atoms with Crippen LogP contribution in [0.5, 0.6) is 11.5 Å². The van der Waals surface area contributed by atoms with E-state index in [0.717, 1.165) is 42.7 Å². The van der Waals surface area contributed by atoms with Crippen LogP contribution in [0.25, 0.3) is 11.3 Å². The molecule has 2 rings (SSSR count). The summed E-state index contributed by atoms with van der Waals surface area (Å²) in [6, 6.07) is 5.55. The lowest BCUT2D eigenvalue weighted by Crippen LogP contribution is -2.10. The summed E-state index contributed by atoms with van der Waals surface area (Å²) in [4.78, 5) is 16.5. The monoisotopic (exact) mass is 399 g/mol. The van der Waals surface area contributed by atoms with Crippen LogP contribution in [0.1, 0.15) is 32.1 Å². The van der Waals surface area contributed by atoms with Crippen LogP contribution in [0.2, 0.25) is 0 Å². The van der Waals surface area contributed by atoms with Crippen molar-refractivity contribution in [3.8, 4) is 22.8 Å². The molecular weight excluding hydrogens is 374 g/mol. The van der Waals surface area contributed by atoms with Gasteiger partial charge in [0.05, 0.1) is 19.9 Å². The predicted octanol–water partition coefficient (Wildman–Crippen LogP) is 4.10. The molecule has 1 heterocycles. The summed E-state index contributed by atoms with van der Waals surface area (Å²) < 4.78 is 10.6. The predicted molar refractivity (Wildman–Crippen MR) is 109 cm³/mol. The molecule has 8 heteroatoms. The summed E-state index contributed by atoms with van der Waals surface area (Å²) in [5.41, 5.74) is 7.04. The third-order valence-electron chi connectivity index (χ3n) is 3.79. The Bertz CT molecular complexity index is 694. The van der Waals surface area contributed by atoms with Gasteiger partial charge in [-0.2, -0.15) is 0 Å². The minimum Gasteiger partial charge on any atom is -0.497 e. The first-order chi connectivity index (χ1) is 12.2. The largest absolute Gasteiger partial charge is 0.497 e. The van der Waals surface area contributed by atoms with Crippen LogP contribution in [-0.4, -0.2) is 31.7 Å². The van der Waals surface area contributed by atoms with E-state index in [1.54, 1.807) is 14.2 Å². The maximum Gasteiger partial charge on any atom is 0.226 e. The molecule has 0 fully saturated rings. The Morgan fingerprint density at radius 2 is 1.96 bits per heavy atom. The van der Waals surface area contributed by atoms with Gasteiger partial charge in [0.25, 0.3) is 0 Å². The van der Waals surface area contributed by atoms with Crippen LogP contribution in [0.3, 0.4) is 0 Å². The van der Waals surface area contributed by atoms with E-state index in [4.69, 9.17) is 15.2 Å². The number of nitrogens with one attached hydrogen (secondary N) is 1. The number of anilines is 1. The number of carbonyl (C=O) groups is 1. The number of halogens is 1. The van der Waals surface area contributed by atoms with Crippen molar-refractivity contribution in [2.24, 2.45) is 5.73 Å². The van der Waals surface area contributed by atoms with Crippen LogP contribution in [0.15, 0.2) is 23.6 Å². The van der Waals surface area contributed by atoms with Crippen LogP contribution in [0.4, 0.5) is 5.13 Å². The van der Waals surface area contributed by atoms with Gasteiger partial charge in [0, 0.05) is 17.4 Å². The highest BCUT2D eigenvalue weighted by molar-refractivity contribution is 7.14. The van der Waals surface area contributed by atoms with Gasteiger partial charge in [-0.1, -0.05) is 12.8 Å². The smallest absolute Gasteiger partial charge is 0.226 e. The normalized spacial score (nSPS) is 10.1. The summed E-state index contributed by atoms with van der Waals surface area (Å²) in [7, 11) is 3.23. The molecule has 0 saturated carbocycles. The van der Waals surface area contributed by atoms with Crippen LogP contribution in [0, 0.1) is 0 Å². The molecule has 0 unspecified atom stereocenters. The molecule has 0 spiro atoms. The minimum atomic E-state index is -0.00810. The molecule has 0 aliphatic rings. The summed E-state index contributed by atoms with van der Waals surface area (Å²) >= 11 is 1.40. The van der Waals surface area contributed by atoms with Gasteiger partial charge >= 0.3 is 0 Å². The second-order valence-corrected chi connectivity index (χ2v) is 6.46. The standard InChI is InChI=1S/C18H25N3O3S.ClH/c1-23-13-8-9-16(24-2)14(11-13)15-12-25-18(20-15)21-17(22)7-5-3-4-6-10-19;/h8-9,11-12H,3-7,10,19H2,1-2H3,(H,20,21,22);1H. The Labute approximate surface area is 164 Å². The van der Waals surface area contributed by atoms with Gasteiger partial charge in [0.15, 0.2) is 5.13 Å². The average molecular weight is 400 g/mol. The first-order valence-corrected chi connectivity index (χ1v) is 9.23. The topological polar surface area (TPSA) is 86.5 Å². The average Bonchev–Trinajstić information content (AvgIpc) is 3.09. The Kier molecular flexibility index (Phi) is 10.0. The minimum absolute atomic E-state index is 0. The highest BCUT2D eigenvalue weighted by atomic mass is 35.5. The zero-order valence-corrected chi connectivity index (χ0v) is 16.8. The molecule has 0 aliphatic carbocycles. The third-order valence-corrected chi connectivity index (χ3v) is 4.55. The maximum absolute atomic E-state index is 12.0. The quantitative estimate of drug-likeness (QED) is 0.587. The summed E-state index contributed by atoms with van der Waals surface area (Å²) in [5.74, 6) is 1.43. The van der Waals surface area contributed by atoms with Crippen molar-refractivity contribution in [3.05, 3.63) is 23.6 Å². The van der Waals surface area contributed by atoms with Crippen molar-refractivity contribution in [1.29, 1.82) is 0 Å². The fourth-order valence-electron chi connectivity index (χ4n) is 2.43. The summed E-state index contributed by atoms with van der Waals surface area (Å²) in [6.45, 7) is 0.710. The number of hydrogen-bond acceptors (Lipinski definition) is 6. The second-order valence-electron chi connectivity index (χ2n) is 5.61. The highest BCUT2D eigenvalue weighted by Crippen LogP contribution is 2.35. The number of aromatic nitrogens is 1. The van der Waals surface area contributed by atoms with Gasteiger partial charge in [-0.3, -0.25) is 4.79 Å². The van der Waals surface area contributed by atoms with E-state index in [0.29, 0.717) is 23.8 Å². The third kappa shape index (κ3) is 6.48. The SMILES string of the molecule is COc1ccc(OC)c(-c2csc(NC(=O)CCCCCCN)n2)c1.Cl. The molecule has 0 atom stereocenters. The molecule has 0 saturated heterocycles. The van der Waals surface area contributed by atoms with Crippen LogP contribution >= 0.6 is 23.7 Å². The van der Waals surface area contributed by atoms with Crippen molar-refractivity contribution in [1.82, 2.24) is 4.98 Å². The van der Waals surface area contributed by atoms with E-state index < -0.39 is 0 Å². The molecule has 3 N–H and O–H groups in total. The van der Waals surface area contributed by atoms with Crippen molar-refractivity contribution in [2.45, 2.75) is 32.1 Å². The van der Waals surface area contributed by atoms with E-state index >= 15 is 0 Å². The molecule has 26 heavy (non-hydrogen) atoms. The lowest BCUT2D eigenvalue weighted by Gasteiger charge is -2.08. The van der Waals surface area contributed by atoms with Gasteiger partial charge in [-0.05, 0) is 37.6 Å². The molecule has 2 aromatic rings. The van der Waals surface area contributed by atoms with E-state index in [1.807, 2.05) is 23.6 Å². The molecule has 0 bridgehead atoms. The first kappa shape index (κ1) is 22.2. The van der Waals surface area contributed by atoms with E-state index in [2.05, 4.69) is 10.3 Å². The van der Waals surface area contributed by atoms with Gasteiger partial charge in [0.1, 0.15) is 11.5 Å². The number of nitrogens with zero attached hydrogens (tertiary/aromatic N) is 1. The molecule has 1 aromatic carbocycles. The Morgan fingerprint density at radius 1 is 1.19 bits per heavy atom. The number of carbonyl (C=O) groups excluding carboxylic acids is 1. The van der Waals surface area contributed by atoms with Crippen LogP contribution in [-0.2, 0) is 4.79 Å². The zero-order valence-electron chi connectivity index (χ0n) is 15.1. The second kappa shape index (κ2) is 11.7. The Morgan fingerprint density at radius 3 is 2.65 bits per heavy atom. The lowest BCUT2D eigenvalue weighted by molar-refractivity contribution is -0.116. The number of amides is 1. The molecule has 0 aliphatic heterocycles. The number of hydrogen-bond donors (Lipinski definition) is 2. The van der Waals surface area contributed by atoms with Crippen molar-refractivity contribution in [2.75, 3.05) is 26.1 Å². The number of methoxy groups -OCH3 is 2. The van der Waals surface area contributed by atoms with Gasteiger partial charge < -0.3 is 20.5 Å². The molecular formula is C18H26ClN3O3S. The van der Waals surface area contributed by atoms with Crippen LogP contribution < -0.4 is 20.5 Å². The van der Waals surface area contributed by atoms with E-state index in [1.165, 1.54) is 11.3 Å². The van der Waals surface area contributed by atoms with E-state index in [9.17, 15) is 4.79 Å².